The molecule has 1 aromatic carbocycles. The minimum absolute atomic E-state index is 0.0807. The maximum absolute atomic E-state index is 12.2. The lowest BCUT2D eigenvalue weighted by molar-refractivity contribution is -0.118. The normalized spacial score (nSPS) is 16.9. The lowest BCUT2D eigenvalue weighted by atomic mass is 10.0. The van der Waals surface area contributed by atoms with Gasteiger partial charge >= 0.3 is 0 Å². The number of ether oxygens (including phenoxy) is 1. The molecule has 6 nitrogen and oxygen atoms in total. The minimum Gasteiger partial charge on any atom is -0.467 e. The van der Waals surface area contributed by atoms with Crippen molar-refractivity contribution in [1.82, 2.24) is 9.97 Å². The Bertz CT molecular complexity index is 794. The van der Waals surface area contributed by atoms with Crippen molar-refractivity contribution in [2.75, 3.05) is 29.9 Å². The molecule has 1 fully saturated rings. The Balaban J connectivity index is 1.60. The Morgan fingerprint density at radius 3 is 2.96 bits per heavy atom. The Kier molecular flexibility index (Phi) is 6.27. The number of amides is 1. The molecule has 6 heteroatoms. The van der Waals surface area contributed by atoms with Crippen LogP contribution in [0.15, 0.2) is 30.3 Å². The molecule has 1 saturated heterocycles. The highest BCUT2D eigenvalue weighted by Gasteiger charge is 2.19. The second-order valence-electron chi connectivity index (χ2n) is 7.23. The zero-order valence-corrected chi connectivity index (χ0v) is 16.4. The van der Waals surface area contributed by atoms with Gasteiger partial charge in [0, 0.05) is 30.5 Å². The number of hydrogen-bond donors (Lipinski definition) is 1. The van der Waals surface area contributed by atoms with Crippen molar-refractivity contribution in [2.24, 2.45) is 5.92 Å². The van der Waals surface area contributed by atoms with Crippen LogP contribution in [0.25, 0.3) is 0 Å². The molecule has 2 aromatic rings. The number of benzene rings is 1. The molecule has 0 unspecified atom stereocenters. The number of carbonyl (C=O) groups excluding carboxylic acids is 1. The van der Waals surface area contributed by atoms with E-state index in [0.29, 0.717) is 17.7 Å². The smallest absolute Gasteiger partial charge is 0.262 e. The quantitative estimate of drug-likeness (QED) is 0.844. The first kappa shape index (κ1) is 19.1. The van der Waals surface area contributed by atoms with Crippen LogP contribution < -0.4 is 15.0 Å². The number of nitrogens with one attached hydrogen (secondary N) is 1. The van der Waals surface area contributed by atoms with Crippen LogP contribution >= 0.6 is 0 Å². The molecule has 0 aliphatic carbocycles. The Morgan fingerprint density at radius 1 is 1.33 bits per heavy atom. The van der Waals surface area contributed by atoms with Crippen molar-refractivity contribution in [3.8, 4) is 5.88 Å². The van der Waals surface area contributed by atoms with Gasteiger partial charge in [-0.1, -0.05) is 26.0 Å². The first-order valence-electron chi connectivity index (χ1n) is 9.65. The summed E-state index contributed by atoms with van der Waals surface area (Å²) in [7, 11) is 0. The molecule has 144 valence electrons. The summed E-state index contributed by atoms with van der Waals surface area (Å²) in [5, 5.41) is 2.87. The summed E-state index contributed by atoms with van der Waals surface area (Å²) < 4.78 is 5.65. The highest BCUT2D eigenvalue weighted by molar-refractivity contribution is 5.91. The van der Waals surface area contributed by atoms with E-state index in [2.05, 4.69) is 34.0 Å². The van der Waals surface area contributed by atoms with Gasteiger partial charge in [0.15, 0.2) is 6.61 Å². The summed E-state index contributed by atoms with van der Waals surface area (Å²) in [6.07, 6.45) is 3.32. The molecule has 1 N–H and O–H groups in total. The van der Waals surface area contributed by atoms with Crippen LogP contribution in [0.5, 0.6) is 5.88 Å². The standard InChI is InChI=1S/C21H28N4O2/c1-4-17-8-5-9-18(12-17)23-19(26)14-27-20-11-16(3)22-21(24-20)25-10-6-7-15(2)13-25/h5,8-9,11-12,15H,4,6-7,10,13-14H2,1-3H3,(H,23,26)/t15-/m0/s1. The fourth-order valence-corrected chi connectivity index (χ4v) is 3.32. The van der Waals surface area contributed by atoms with Gasteiger partial charge in [-0.05, 0) is 49.8 Å². The zero-order valence-electron chi connectivity index (χ0n) is 16.4. The molecule has 2 heterocycles. The van der Waals surface area contributed by atoms with Crippen LogP contribution in [0.4, 0.5) is 11.6 Å². The van der Waals surface area contributed by atoms with Gasteiger partial charge in [-0.2, -0.15) is 4.98 Å². The summed E-state index contributed by atoms with van der Waals surface area (Å²) in [5.74, 6) is 1.56. The van der Waals surface area contributed by atoms with Crippen molar-refractivity contribution >= 4 is 17.5 Å². The van der Waals surface area contributed by atoms with Crippen molar-refractivity contribution in [1.29, 1.82) is 0 Å². The van der Waals surface area contributed by atoms with Gasteiger partial charge in [0.2, 0.25) is 11.8 Å². The van der Waals surface area contributed by atoms with Crippen molar-refractivity contribution in [3.63, 3.8) is 0 Å². The summed E-state index contributed by atoms with van der Waals surface area (Å²) in [4.78, 5) is 23.5. The summed E-state index contributed by atoms with van der Waals surface area (Å²) in [6.45, 7) is 8.09. The summed E-state index contributed by atoms with van der Waals surface area (Å²) in [5.41, 5.74) is 2.80. The fourth-order valence-electron chi connectivity index (χ4n) is 3.32. The maximum atomic E-state index is 12.2. The van der Waals surface area contributed by atoms with Crippen LogP contribution in [0.2, 0.25) is 0 Å². The van der Waals surface area contributed by atoms with E-state index in [0.717, 1.165) is 37.3 Å². The number of aromatic nitrogens is 2. The van der Waals surface area contributed by atoms with Crippen LogP contribution in [0.3, 0.4) is 0 Å². The number of nitrogens with zero attached hydrogens (tertiary/aromatic N) is 3. The van der Waals surface area contributed by atoms with E-state index in [-0.39, 0.29) is 12.5 Å². The highest BCUT2D eigenvalue weighted by atomic mass is 16.5. The fraction of sp³-hybridized carbons (Fsp3) is 0.476. The number of rotatable bonds is 6. The van der Waals surface area contributed by atoms with E-state index in [1.54, 1.807) is 6.07 Å². The largest absolute Gasteiger partial charge is 0.467 e. The second kappa shape index (κ2) is 8.84. The van der Waals surface area contributed by atoms with Gasteiger partial charge in [0.05, 0.1) is 0 Å². The molecule has 27 heavy (non-hydrogen) atoms. The third-order valence-electron chi connectivity index (χ3n) is 4.73. The Labute approximate surface area is 161 Å². The first-order valence-corrected chi connectivity index (χ1v) is 9.65. The predicted octanol–water partition coefficient (Wildman–Crippen LogP) is 3.60. The number of carbonyl (C=O) groups is 1. The molecule has 0 radical (unpaired) electrons. The lowest BCUT2D eigenvalue weighted by Crippen LogP contribution is -2.35. The summed E-state index contributed by atoms with van der Waals surface area (Å²) >= 11 is 0. The number of anilines is 2. The van der Waals surface area contributed by atoms with E-state index in [9.17, 15) is 4.79 Å². The molecule has 1 atom stereocenters. The molecular weight excluding hydrogens is 340 g/mol. The number of aryl methyl sites for hydroxylation is 2. The Hall–Kier alpha value is -2.63. The molecule has 0 saturated carbocycles. The van der Waals surface area contributed by atoms with Gasteiger partial charge in [-0.25, -0.2) is 4.98 Å². The minimum atomic E-state index is -0.201. The molecule has 1 aliphatic heterocycles. The van der Waals surface area contributed by atoms with E-state index < -0.39 is 0 Å². The van der Waals surface area contributed by atoms with Crippen LogP contribution in [0.1, 0.15) is 37.9 Å². The summed E-state index contributed by atoms with van der Waals surface area (Å²) in [6, 6.07) is 9.60. The highest BCUT2D eigenvalue weighted by Crippen LogP contribution is 2.22. The second-order valence-corrected chi connectivity index (χ2v) is 7.23. The van der Waals surface area contributed by atoms with E-state index in [4.69, 9.17) is 4.74 Å². The predicted molar refractivity (Wildman–Crippen MR) is 107 cm³/mol. The van der Waals surface area contributed by atoms with E-state index in [1.807, 2.05) is 31.2 Å². The van der Waals surface area contributed by atoms with Crippen LogP contribution in [-0.2, 0) is 11.2 Å². The molecular formula is C21H28N4O2. The molecule has 3 rings (SSSR count). The average molecular weight is 368 g/mol. The topological polar surface area (TPSA) is 67.3 Å². The van der Waals surface area contributed by atoms with Crippen LogP contribution in [0, 0.1) is 12.8 Å². The zero-order chi connectivity index (χ0) is 19.2. The van der Waals surface area contributed by atoms with Gasteiger partial charge in [-0.3, -0.25) is 4.79 Å². The van der Waals surface area contributed by atoms with Crippen molar-refractivity contribution < 1.29 is 9.53 Å². The SMILES string of the molecule is CCc1cccc(NC(=O)COc2cc(C)nc(N3CCC[C@H](C)C3)n2)c1. The Morgan fingerprint density at radius 2 is 2.19 bits per heavy atom. The van der Waals surface area contributed by atoms with Gasteiger partial charge in [-0.15, -0.1) is 0 Å². The lowest BCUT2D eigenvalue weighted by Gasteiger charge is -2.31. The maximum Gasteiger partial charge on any atom is 0.262 e. The molecule has 0 spiro atoms. The third-order valence-corrected chi connectivity index (χ3v) is 4.73. The molecule has 1 aliphatic rings. The van der Waals surface area contributed by atoms with Crippen molar-refractivity contribution in [2.45, 2.75) is 40.0 Å². The first-order chi connectivity index (χ1) is 13.0. The van der Waals surface area contributed by atoms with E-state index >= 15 is 0 Å². The molecule has 1 amide bonds. The van der Waals surface area contributed by atoms with Crippen LogP contribution in [-0.4, -0.2) is 35.6 Å². The number of hydrogen-bond acceptors (Lipinski definition) is 5. The van der Waals surface area contributed by atoms with Gasteiger partial charge in [0.25, 0.3) is 5.91 Å². The molecule has 1 aromatic heterocycles. The van der Waals surface area contributed by atoms with Gasteiger partial charge in [0.1, 0.15) is 0 Å². The van der Waals surface area contributed by atoms with Crippen molar-refractivity contribution in [3.05, 3.63) is 41.6 Å². The third kappa shape index (κ3) is 5.42. The monoisotopic (exact) mass is 368 g/mol. The average Bonchev–Trinajstić information content (AvgIpc) is 2.66. The number of piperidine rings is 1. The van der Waals surface area contributed by atoms with E-state index in [1.165, 1.54) is 12.0 Å². The molecule has 0 bridgehead atoms. The van der Waals surface area contributed by atoms with Gasteiger partial charge < -0.3 is 15.0 Å².